The minimum absolute atomic E-state index is 0.193. The van der Waals surface area contributed by atoms with Crippen molar-refractivity contribution < 1.29 is 18.8 Å². The lowest BCUT2D eigenvalue weighted by molar-refractivity contribution is -0.146. The molecular formula is C17H26N2O4. The summed E-state index contributed by atoms with van der Waals surface area (Å²) in [6, 6.07) is -0.193. The Bertz CT molecular complexity index is 553. The SMILES string of the molecule is CCCc1onc(C)c1C(=O)N[C@H]1CCCCC[C@@H]1C(=O)OC. The third-order valence-electron chi connectivity index (χ3n) is 4.47. The Hall–Kier alpha value is -1.85. The molecule has 1 aliphatic carbocycles. The quantitative estimate of drug-likeness (QED) is 0.666. The number of nitrogens with zero attached hydrogens (tertiary/aromatic N) is 1. The molecule has 1 aromatic rings. The van der Waals surface area contributed by atoms with E-state index >= 15 is 0 Å². The zero-order chi connectivity index (χ0) is 16.8. The summed E-state index contributed by atoms with van der Waals surface area (Å²) < 4.78 is 10.2. The van der Waals surface area contributed by atoms with Crippen LogP contribution >= 0.6 is 0 Å². The fourth-order valence-corrected chi connectivity index (χ4v) is 3.26. The van der Waals surface area contributed by atoms with Crippen LogP contribution in [0.3, 0.4) is 0 Å². The maximum Gasteiger partial charge on any atom is 0.310 e. The molecule has 23 heavy (non-hydrogen) atoms. The predicted octanol–water partition coefficient (Wildman–Crippen LogP) is 2.79. The molecular weight excluding hydrogens is 296 g/mol. The van der Waals surface area contributed by atoms with E-state index in [9.17, 15) is 9.59 Å². The molecule has 2 atom stereocenters. The number of carbonyl (C=O) groups is 2. The minimum atomic E-state index is -0.277. The number of nitrogens with one attached hydrogen (secondary N) is 1. The average Bonchev–Trinajstić information content (AvgIpc) is 2.75. The minimum Gasteiger partial charge on any atom is -0.469 e. The summed E-state index contributed by atoms with van der Waals surface area (Å²) in [6.45, 7) is 3.79. The van der Waals surface area contributed by atoms with Crippen LogP contribution in [-0.2, 0) is 16.0 Å². The van der Waals surface area contributed by atoms with Crippen molar-refractivity contribution in [2.24, 2.45) is 5.92 Å². The van der Waals surface area contributed by atoms with Crippen LogP contribution in [-0.4, -0.2) is 30.2 Å². The summed E-state index contributed by atoms with van der Waals surface area (Å²) in [6.07, 6.45) is 6.16. The zero-order valence-corrected chi connectivity index (χ0v) is 14.2. The number of ether oxygens (including phenoxy) is 1. The van der Waals surface area contributed by atoms with Crippen LogP contribution in [0.15, 0.2) is 4.52 Å². The topological polar surface area (TPSA) is 81.4 Å². The Morgan fingerprint density at radius 3 is 2.74 bits per heavy atom. The molecule has 1 heterocycles. The molecule has 6 nitrogen and oxygen atoms in total. The van der Waals surface area contributed by atoms with E-state index in [0.717, 1.165) is 38.5 Å². The van der Waals surface area contributed by atoms with Gasteiger partial charge in [-0.15, -0.1) is 0 Å². The maximum absolute atomic E-state index is 12.7. The van der Waals surface area contributed by atoms with Crippen molar-refractivity contribution >= 4 is 11.9 Å². The summed E-state index contributed by atoms with van der Waals surface area (Å²) in [5, 5.41) is 6.94. The first-order valence-electron chi connectivity index (χ1n) is 8.42. The molecule has 0 saturated heterocycles. The number of amides is 1. The molecule has 128 valence electrons. The van der Waals surface area contributed by atoms with Gasteiger partial charge < -0.3 is 14.6 Å². The van der Waals surface area contributed by atoms with Crippen LogP contribution in [0, 0.1) is 12.8 Å². The number of aryl methyl sites for hydroxylation is 2. The van der Waals surface area contributed by atoms with Crippen molar-refractivity contribution in [2.45, 2.75) is 64.8 Å². The van der Waals surface area contributed by atoms with Gasteiger partial charge in [-0.1, -0.05) is 31.3 Å². The Kier molecular flexibility index (Phi) is 6.19. The molecule has 0 unspecified atom stereocenters. The van der Waals surface area contributed by atoms with Crippen LogP contribution in [0.5, 0.6) is 0 Å². The van der Waals surface area contributed by atoms with Gasteiger partial charge in [-0.2, -0.15) is 0 Å². The monoisotopic (exact) mass is 322 g/mol. The number of hydrogen-bond donors (Lipinski definition) is 1. The van der Waals surface area contributed by atoms with Gasteiger partial charge in [0, 0.05) is 12.5 Å². The smallest absolute Gasteiger partial charge is 0.310 e. The summed E-state index contributed by atoms with van der Waals surface area (Å²) in [4.78, 5) is 24.7. The molecule has 1 aromatic heterocycles. The second-order valence-electron chi connectivity index (χ2n) is 6.16. The van der Waals surface area contributed by atoms with Crippen molar-refractivity contribution in [1.29, 1.82) is 0 Å². The Labute approximate surface area is 136 Å². The highest BCUT2D eigenvalue weighted by molar-refractivity contribution is 5.96. The van der Waals surface area contributed by atoms with E-state index in [1.165, 1.54) is 7.11 Å². The van der Waals surface area contributed by atoms with Crippen molar-refractivity contribution in [3.63, 3.8) is 0 Å². The lowest BCUT2D eigenvalue weighted by atomic mass is 9.94. The molecule has 1 fully saturated rings. The van der Waals surface area contributed by atoms with Crippen LogP contribution in [0.4, 0.5) is 0 Å². The van der Waals surface area contributed by atoms with Gasteiger partial charge in [0.05, 0.1) is 18.7 Å². The van der Waals surface area contributed by atoms with Gasteiger partial charge in [-0.25, -0.2) is 0 Å². The maximum atomic E-state index is 12.7. The van der Waals surface area contributed by atoms with Gasteiger partial charge in [0.25, 0.3) is 5.91 Å². The first-order chi connectivity index (χ1) is 11.1. The Balaban J connectivity index is 2.16. The molecule has 0 radical (unpaired) electrons. The molecule has 6 heteroatoms. The van der Waals surface area contributed by atoms with E-state index in [0.29, 0.717) is 23.4 Å². The first kappa shape index (κ1) is 17.5. The second kappa shape index (κ2) is 8.13. The van der Waals surface area contributed by atoms with Crippen molar-refractivity contribution in [3.8, 4) is 0 Å². The standard InChI is InChI=1S/C17H26N2O4/c1-4-8-14-15(11(2)19-23-14)16(20)18-13-10-7-5-6-9-12(13)17(21)22-3/h12-13H,4-10H2,1-3H3,(H,18,20)/t12-,13-/m0/s1. The Morgan fingerprint density at radius 2 is 2.04 bits per heavy atom. The molecule has 0 bridgehead atoms. The highest BCUT2D eigenvalue weighted by Crippen LogP contribution is 2.25. The molecule has 0 aromatic carbocycles. The normalized spacial score (nSPS) is 21.5. The fraction of sp³-hybridized carbons (Fsp3) is 0.706. The van der Waals surface area contributed by atoms with E-state index in [2.05, 4.69) is 10.5 Å². The molecule has 0 spiro atoms. The van der Waals surface area contributed by atoms with Gasteiger partial charge >= 0.3 is 5.97 Å². The van der Waals surface area contributed by atoms with Gasteiger partial charge in [-0.05, 0) is 26.2 Å². The van der Waals surface area contributed by atoms with Crippen LogP contribution in [0.1, 0.15) is 67.3 Å². The van der Waals surface area contributed by atoms with Gasteiger partial charge in [0.15, 0.2) is 0 Å². The predicted molar refractivity (Wildman–Crippen MR) is 85.1 cm³/mol. The first-order valence-corrected chi connectivity index (χ1v) is 8.42. The summed E-state index contributed by atoms with van der Waals surface area (Å²) in [7, 11) is 1.40. The Morgan fingerprint density at radius 1 is 1.30 bits per heavy atom. The number of carbonyl (C=O) groups excluding carboxylic acids is 2. The summed E-state index contributed by atoms with van der Waals surface area (Å²) in [5.41, 5.74) is 1.11. The highest BCUT2D eigenvalue weighted by atomic mass is 16.5. The number of hydrogen-bond acceptors (Lipinski definition) is 5. The zero-order valence-electron chi connectivity index (χ0n) is 14.2. The number of rotatable bonds is 5. The largest absolute Gasteiger partial charge is 0.469 e. The van der Waals surface area contributed by atoms with E-state index in [1.807, 2.05) is 6.92 Å². The molecule has 2 rings (SSSR count). The van der Waals surface area contributed by atoms with Gasteiger partial charge in [-0.3, -0.25) is 9.59 Å². The molecule has 1 N–H and O–H groups in total. The molecule has 1 amide bonds. The van der Waals surface area contributed by atoms with Crippen molar-refractivity contribution in [3.05, 3.63) is 17.0 Å². The summed E-state index contributed by atoms with van der Waals surface area (Å²) in [5.74, 6) is -0.104. The lowest BCUT2D eigenvalue weighted by Gasteiger charge is -2.24. The third-order valence-corrected chi connectivity index (χ3v) is 4.47. The van der Waals surface area contributed by atoms with E-state index in [-0.39, 0.29) is 23.8 Å². The van der Waals surface area contributed by atoms with Crippen molar-refractivity contribution in [2.75, 3.05) is 7.11 Å². The van der Waals surface area contributed by atoms with E-state index in [4.69, 9.17) is 9.26 Å². The van der Waals surface area contributed by atoms with Crippen LogP contribution < -0.4 is 5.32 Å². The average molecular weight is 322 g/mol. The number of methoxy groups -OCH3 is 1. The lowest BCUT2D eigenvalue weighted by Crippen LogP contribution is -2.43. The molecule has 0 aliphatic heterocycles. The number of aromatic nitrogens is 1. The number of esters is 1. The summed E-state index contributed by atoms with van der Waals surface area (Å²) >= 11 is 0. The molecule has 1 saturated carbocycles. The van der Waals surface area contributed by atoms with Gasteiger partial charge in [0.2, 0.25) is 0 Å². The van der Waals surface area contributed by atoms with Crippen molar-refractivity contribution in [1.82, 2.24) is 10.5 Å². The van der Waals surface area contributed by atoms with E-state index in [1.54, 1.807) is 6.92 Å². The highest BCUT2D eigenvalue weighted by Gasteiger charge is 2.33. The van der Waals surface area contributed by atoms with Gasteiger partial charge in [0.1, 0.15) is 11.3 Å². The third kappa shape index (κ3) is 4.12. The van der Waals surface area contributed by atoms with E-state index < -0.39 is 0 Å². The van der Waals surface area contributed by atoms with Crippen LogP contribution in [0.25, 0.3) is 0 Å². The second-order valence-corrected chi connectivity index (χ2v) is 6.16. The molecule has 1 aliphatic rings. The fourth-order valence-electron chi connectivity index (χ4n) is 3.26. The van der Waals surface area contributed by atoms with Crippen LogP contribution in [0.2, 0.25) is 0 Å².